The molecule has 1 aliphatic heterocycles. The van der Waals surface area contributed by atoms with Crippen molar-refractivity contribution >= 4 is 11.8 Å². The number of pyridine rings is 1. The Hall–Kier alpha value is -1.95. The average molecular weight is 317 g/mol. The smallest absolute Gasteiger partial charge is 0.251 e. The highest BCUT2D eigenvalue weighted by Gasteiger charge is 2.36. The standard InChI is InChI=1S/C17H23N3O3/c21-16(13-3-7-18-8-4-13)19-9-10-20(17(22)14-1-2-14)15-5-11-23-12-6-15/h3-4,7-8,14-15H,1-2,5-6,9-12H2,(H,19,21). The van der Waals surface area contributed by atoms with Gasteiger partial charge in [0.1, 0.15) is 0 Å². The second-order valence-corrected chi connectivity index (χ2v) is 6.14. The predicted molar refractivity (Wildman–Crippen MR) is 84.8 cm³/mol. The molecule has 0 atom stereocenters. The quantitative estimate of drug-likeness (QED) is 0.856. The molecule has 0 aromatic carbocycles. The van der Waals surface area contributed by atoms with E-state index in [1.165, 1.54) is 0 Å². The lowest BCUT2D eigenvalue weighted by Gasteiger charge is -2.34. The number of carbonyl (C=O) groups excluding carboxylic acids is 2. The molecular formula is C17H23N3O3. The average Bonchev–Trinajstić information content (AvgIpc) is 3.45. The molecule has 3 rings (SSSR count). The molecule has 124 valence electrons. The first-order valence-electron chi connectivity index (χ1n) is 8.32. The molecule has 1 aromatic heterocycles. The van der Waals surface area contributed by atoms with Gasteiger partial charge in [0.05, 0.1) is 0 Å². The molecule has 2 fully saturated rings. The van der Waals surface area contributed by atoms with Crippen LogP contribution < -0.4 is 5.32 Å². The van der Waals surface area contributed by atoms with Crippen molar-refractivity contribution in [2.45, 2.75) is 31.7 Å². The summed E-state index contributed by atoms with van der Waals surface area (Å²) in [5, 5.41) is 2.89. The fraction of sp³-hybridized carbons (Fsp3) is 0.588. The molecule has 0 unspecified atom stereocenters. The number of hydrogen-bond acceptors (Lipinski definition) is 4. The normalized spacial score (nSPS) is 18.4. The second-order valence-electron chi connectivity index (χ2n) is 6.14. The topological polar surface area (TPSA) is 71.5 Å². The van der Waals surface area contributed by atoms with Gasteiger partial charge in [0.25, 0.3) is 5.91 Å². The fourth-order valence-corrected chi connectivity index (χ4v) is 2.93. The highest BCUT2D eigenvalue weighted by molar-refractivity contribution is 5.94. The highest BCUT2D eigenvalue weighted by atomic mass is 16.5. The third kappa shape index (κ3) is 4.28. The molecule has 1 aliphatic carbocycles. The molecule has 2 amide bonds. The SMILES string of the molecule is O=C(NCCN(C(=O)C1CC1)C1CCOCC1)c1ccncc1. The van der Waals surface area contributed by atoms with Gasteiger partial charge in [-0.15, -0.1) is 0 Å². The Balaban J connectivity index is 1.53. The van der Waals surface area contributed by atoms with Crippen LogP contribution >= 0.6 is 0 Å². The van der Waals surface area contributed by atoms with E-state index in [0.29, 0.717) is 31.9 Å². The van der Waals surface area contributed by atoms with Gasteiger partial charge in [-0.25, -0.2) is 0 Å². The molecule has 2 aliphatic rings. The molecule has 0 bridgehead atoms. The van der Waals surface area contributed by atoms with Gasteiger partial charge in [-0.1, -0.05) is 0 Å². The van der Waals surface area contributed by atoms with Gasteiger partial charge >= 0.3 is 0 Å². The van der Waals surface area contributed by atoms with Crippen LogP contribution in [0.3, 0.4) is 0 Å². The lowest BCUT2D eigenvalue weighted by molar-refractivity contribution is -0.136. The van der Waals surface area contributed by atoms with Crippen molar-refractivity contribution in [3.05, 3.63) is 30.1 Å². The maximum Gasteiger partial charge on any atom is 0.251 e. The summed E-state index contributed by atoms with van der Waals surface area (Å²) >= 11 is 0. The van der Waals surface area contributed by atoms with Crippen LogP contribution in [-0.2, 0) is 9.53 Å². The van der Waals surface area contributed by atoms with Crippen molar-refractivity contribution in [2.75, 3.05) is 26.3 Å². The number of nitrogens with one attached hydrogen (secondary N) is 1. The van der Waals surface area contributed by atoms with Crippen LogP contribution in [0, 0.1) is 5.92 Å². The molecular weight excluding hydrogens is 294 g/mol. The summed E-state index contributed by atoms with van der Waals surface area (Å²) < 4.78 is 5.39. The summed E-state index contributed by atoms with van der Waals surface area (Å²) in [7, 11) is 0. The van der Waals surface area contributed by atoms with Gasteiger partial charge in [0, 0.05) is 56.2 Å². The van der Waals surface area contributed by atoms with Gasteiger partial charge in [-0.2, -0.15) is 0 Å². The first-order chi connectivity index (χ1) is 11.3. The summed E-state index contributed by atoms with van der Waals surface area (Å²) in [4.78, 5) is 30.4. The van der Waals surface area contributed by atoms with Crippen LogP contribution in [0.5, 0.6) is 0 Å². The van der Waals surface area contributed by atoms with Gasteiger partial charge in [0.15, 0.2) is 0 Å². The van der Waals surface area contributed by atoms with E-state index in [9.17, 15) is 9.59 Å². The number of nitrogens with zero attached hydrogens (tertiary/aromatic N) is 2. The van der Waals surface area contributed by atoms with E-state index in [4.69, 9.17) is 4.74 Å². The van der Waals surface area contributed by atoms with E-state index in [1.807, 2.05) is 4.90 Å². The zero-order valence-electron chi connectivity index (χ0n) is 13.2. The first kappa shape index (κ1) is 15.9. The number of aromatic nitrogens is 1. The van der Waals surface area contributed by atoms with Crippen molar-refractivity contribution in [2.24, 2.45) is 5.92 Å². The van der Waals surface area contributed by atoms with Crippen molar-refractivity contribution in [1.82, 2.24) is 15.2 Å². The van der Waals surface area contributed by atoms with Gasteiger partial charge in [0.2, 0.25) is 5.91 Å². The third-order valence-corrected chi connectivity index (χ3v) is 4.42. The number of hydrogen-bond donors (Lipinski definition) is 1. The summed E-state index contributed by atoms with van der Waals surface area (Å²) in [6, 6.07) is 3.61. The summed E-state index contributed by atoms with van der Waals surface area (Å²) in [6.45, 7) is 2.46. The lowest BCUT2D eigenvalue weighted by Crippen LogP contribution is -2.47. The minimum atomic E-state index is -0.127. The number of carbonyl (C=O) groups is 2. The first-order valence-corrected chi connectivity index (χ1v) is 8.32. The molecule has 1 N–H and O–H groups in total. The molecule has 2 heterocycles. The monoisotopic (exact) mass is 317 g/mol. The Labute approximate surface area is 136 Å². The molecule has 0 radical (unpaired) electrons. The van der Waals surface area contributed by atoms with E-state index in [0.717, 1.165) is 25.7 Å². The maximum absolute atomic E-state index is 12.5. The Morgan fingerprint density at radius 2 is 1.87 bits per heavy atom. The molecule has 1 aromatic rings. The van der Waals surface area contributed by atoms with E-state index in [1.54, 1.807) is 24.5 Å². The highest BCUT2D eigenvalue weighted by Crippen LogP contribution is 2.32. The second kappa shape index (κ2) is 7.55. The predicted octanol–water partition coefficient (Wildman–Crippen LogP) is 1.23. The van der Waals surface area contributed by atoms with Crippen molar-refractivity contribution in [3.63, 3.8) is 0 Å². The number of rotatable bonds is 6. The molecule has 6 nitrogen and oxygen atoms in total. The molecule has 1 saturated carbocycles. The van der Waals surface area contributed by atoms with Crippen molar-refractivity contribution in [3.8, 4) is 0 Å². The summed E-state index contributed by atoms with van der Waals surface area (Å²) in [6.07, 6.45) is 6.97. The summed E-state index contributed by atoms with van der Waals surface area (Å²) in [5.74, 6) is 0.321. The number of amides is 2. The Kier molecular flexibility index (Phi) is 5.23. The molecule has 6 heteroatoms. The van der Waals surface area contributed by atoms with E-state index < -0.39 is 0 Å². The van der Waals surface area contributed by atoms with E-state index >= 15 is 0 Å². The van der Waals surface area contributed by atoms with Crippen molar-refractivity contribution in [1.29, 1.82) is 0 Å². The van der Waals surface area contributed by atoms with Crippen LogP contribution in [0.4, 0.5) is 0 Å². The summed E-state index contributed by atoms with van der Waals surface area (Å²) in [5.41, 5.74) is 0.589. The van der Waals surface area contributed by atoms with Crippen molar-refractivity contribution < 1.29 is 14.3 Å². The van der Waals surface area contributed by atoms with Crippen LogP contribution in [-0.4, -0.2) is 54.0 Å². The Bertz CT molecular complexity index is 539. The minimum absolute atomic E-state index is 0.127. The third-order valence-electron chi connectivity index (χ3n) is 4.42. The maximum atomic E-state index is 12.5. The lowest BCUT2D eigenvalue weighted by atomic mass is 10.1. The minimum Gasteiger partial charge on any atom is -0.381 e. The van der Waals surface area contributed by atoms with E-state index in [-0.39, 0.29) is 23.8 Å². The molecule has 23 heavy (non-hydrogen) atoms. The van der Waals surface area contributed by atoms with Gasteiger partial charge < -0.3 is 15.0 Å². The largest absolute Gasteiger partial charge is 0.381 e. The van der Waals surface area contributed by atoms with Crippen LogP contribution in [0.1, 0.15) is 36.0 Å². The van der Waals surface area contributed by atoms with Gasteiger partial charge in [-0.05, 0) is 37.8 Å². The van der Waals surface area contributed by atoms with Crippen LogP contribution in [0.25, 0.3) is 0 Å². The fourth-order valence-electron chi connectivity index (χ4n) is 2.93. The van der Waals surface area contributed by atoms with Crippen LogP contribution in [0.15, 0.2) is 24.5 Å². The zero-order chi connectivity index (χ0) is 16.1. The Morgan fingerprint density at radius 3 is 2.52 bits per heavy atom. The Morgan fingerprint density at radius 1 is 1.17 bits per heavy atom. The zero-order valence-corrected chi connectivity index (χ0v) is 13.2. The number of ether oxygens (including phenoxy) is 1. The molecule has 1 saturated heterocycles. The van der Waals surface area contributed by atoms with Crippen LogP contribution in [0.2, 0.25) is 0 Å². The van der Waals surface area contributed by atoms with E-state index in [2.05, 4.69) is 10.3 Å². The van der Waals surface area contributed by atoms with Gasteiger partial charge in [-0.3, -0.25) is 14.6 Å². The molecule has 0 spiro atoms.